The third-order valence-corrected chi connectivity index (χ3v) is 3.56. The first-order chi connectivity index (χ1) is 12.8. The topological polar surface area (TPSA) is 73.9 Å². The van der Waals surface area contributed by atoms with E-state index in [9.17, 15) is 18.4 Å². The van der Waals surface area contributed by atoms with Gasteiger partial charge in [0, 0.05) is 22.9 Å². The van der Waals surface area contributed by atoms with E-state index in [-0.39, 0.29) is 17.2 Å². The summed E-state index contributed by atoms with van der Waals surface area (Å²) in [6, 6.07) is 10.5. The fourth-order valence-corrected chi connectivity index (χ4v) is 2.27. The molecule has 1 aliphatic rings. The van der Waals surface area contributed by atoms with Crippen molar-refractivity contribution in [2.45, 2.75) is 6.29 Å². The minimum Gasteiger partial charge on any atom is -0.452 e. The number of carbonyl (C=O) groups is 2. The van der Waals surface area contributed by atoms with E-state index in [2.05, 4.69) is 14.8 Å². The van der Waals surface area contributed by atoms with E-state index in [0.29, 0.717) is 5.02 Å². The lowest BCUT2D eigenvalue weighted by atomic mass is 10.2. The molecule has 1 N–H and O–H groups in total. The Bertz CT molecular complexity index is 899. The maximum absolute atomic E-state index is 13.0. The van der Waals surface area contributed by atoms with Gasteiger partial charge in [-0.05, 0) is 35.9 Å². The van der Waals surface area contributed by atoms with Crippen LogP contribution in [0.4, 0.5) is 14.5 Å². The highest BCUT2D eigenvalue weighted by Crippen LogP contribution is 2.42. The maximum atomic E-state index is 13.0. The fourth-order valence-electron chi connectivity index (χ4n) is 2.15. The van der Waals surface area contributed by atoms with E-state index in [1.54, 1.807) is 24.3 Å². The molecule has 3 rings (SSSR count). The molecule has 0 fully saturated rings. The summed E-state index contributed by atoms with van der Waals surface area (Å²) in [6.07, 6.45) is -1.06. The second-order valence-corrected chi connectivity index (χ2v) is 5.81. The van der Waals surface area contributed by atoms with Gasteiger partial charge in [0.2, 0.25) is 0 Å². The zero-order chi connectivity index (χ0) is 19.4. The van der Waals surface area contributed by atoms with Crippen LogP contribution in [0.5, 0.6) is 11.5 Å². The van der Waals surface area contributed by atoms with Gasteiger partial charge in [-0.15, -0.1) is 8.78 Å². The first kappa shape index (κ1) is 18.7. The molecule has 6 nitrogen and oxygen atoms in total. The van der Waals surface area contributed by atoms with E-state index < -0.39 is 24.8 Å². The smallest absolute Gasteiger partial charge is 0.452 e. The summed E-state index contributed by atoms with van der Waals surface area (Å²) in [5.74, 6) is -1.71. The van der Waals surface area contributed by atoms with Crippen molar-refractivity contribution in [2.24, 2.45) is 0 Å². The predicted octanol–water partition coefficient (Wildman–Crippen LogP) is 3.86. The average molecular weight is 396 g/mol. The molecule has 2 aromatic rings. The molecule has 9 heteroatoms. The van der Waals surface area contributed by atoms with Gasteiger partial charge in [-0.2, -0.15) is 0 Å². The number of fused-ring (bicyclic) bond motifs is 1. The number of benzene rings is 2. The number of halogens is 3. The van der Waals surface area contributed by atoms with E-state index in [1.807, 2.05) is 0 Å². The highest BCUT2D eigenvalue weighted by molar-refractivity contribution is 6.30. The highest BCUT2D eigenvalue weighted by Gasteiger charge is 2.43. The van der Waals surface area contributed by atoms with Crippen LogP contribution in [-0.2, 0) is 14.3 Å². The van der Waals surface area contributed by atoms with E-state index in [0.717, 1.165) is 5.56 Å². The van der Waals surface area contributed by atoms with Gasteiger partial charge in [0.1, 0.15) is 0 Å². The highest BCUT2D eigenvalue weighted by atomic mass is 35.5. The summed E-state index contributed by atoms with van der Waals surface area (Å²) < 4.78 is 39.3. The number of hydrogen-bond donors (Lipinski definition) is 1. The van der Waals surface area contributed by atoms with Crippen LogP contribution in [0.1, 0.15) is 5.56 Å². The summed E-state index contributed by atoms with van der Waals surface area (Å²) in [5.41, 5.74) is 0.922. The largest absolute Gasteiger partial charge is 0.586 e. The third-order valence-electron chi connectivity index (χ3n) is 3.31. The standard InChI is InChI=1S/C18H12ClF2NO5/c19-12-4-1-11(2-5-12)3-8-17(24)25-10-16(23)22-13-6-7-14-15(9-13)27-18(20,21)26-14/h1-9H,10H2,(H,22,23)/b8-3+. The average Bonchev–Trinajstić information content (AvgIpc) is 2.92. The molecule has 0 spiro atoms. The molecule has 2 aromatic carbocycles. The molecular formula is C18H12ClF2NO5. The number of ether oxygens (including phenoxy) is 3. The molecule has 0 saturated carbocycles. The van der Waals surface area contributed by atoms with Gasteiger partial charge in [0.25, 0.3) is 5.91 Å². The van der Waals surface area contributed by atoms with Crippen molar-refractivity contribution in [2.75, 3.05) is 11.9 Å². The fraction of sp³-hybridized carbons (Fsp3) is 0.111. The van der Waals surface area contributed by atoms with Crippen molar-refractivity contribution in [3.8, 4) is 11.5 Å². The summed E-state index contributed by atoms with van der Waals surface area (Å²) in [5, 5.41) is 2.97. The first-order valence-electron chi connectivity index (χ1n) is 7.61. The number of nitrogens with one attached hydrogen (secondary N) is 1. The van der Waals surface area contributed by atoms with Crippen LogP contribution in [0, 0.1) is 0 Å². The van der Waals surface area contributed by atoms with E-state index >= 15 is 0 Å². The normalized spacial score (nSPS) is 14.2. The van der Waals surface area contributed by atoms with Crippen LogP contribution in [0.15, 0.2) is 48.5 Å². The summed E-state index contributed by atoms with van der Waals surface area (Å²) >= 11 is 5.76. The number of carbonyl (C=O) groups excluding carboxylic acids is 2. The molecule has 0 unspecified atom stereocenters. The molecular weight excluding hydrogens is 384 g/mol. The molecule has 0 saturated heterocycles. The molecule has 1 heterocycles. The Kier molecular flexibility index (Phi) is 5.27. The lowest BCUT2D eigenvalue weighted by Crippen LogP contribution is -2.25. The van der Waals surface area contributed by atoms with Crippen molar-refractivity contribution in [1.29, 1.82) is 0 Å². The van der Waals surface area contributed by atoms with Gasteiger partial charge in [0.05, 0.1) is 0 Å². The minimum absolute atomic E-state index is 0.142. The number of rotatable bonds is 5. The number of hydrogen-bond acceptors (Lipinski definition) is 5. The zero-order valence-corrected chi connectivity index (χ0v) is 14.3. The second kappa shape index (κ2) is 7.63. The number of esters is 1. The van der Waals surface area contributed by atoms with Crippen LogP contribution in [0.3, 0.4) is 0 Å². The Labute approximate surface area is 157 Å². The van der Waals surface area contributed by atoms with Crippen LogP contribution < -0.4 is 14.8 Å². The second-order valence-electron chi connectivity index (χ2n) is 5.37. The monoisotopic (exact) mass is 395 g/mol. The van der Waals surface area contributed by atoms with Crippen LogP contribution >= 0.6 is 11.6 Å². The Morgan fingerprint density at radius 2 is 1.81 bits per heavy atom. The van der Waals surface area contributed by atoms with Crippen molar-refractivity contribution in [1.82, 2.24) is 0 Å². The third kappa shape index (κ3) is 5.18. The molecule has 0 atom stereocenters. The Hall–Kier alpha value is -3.13. The Morgan fingerprint density at radius 3 is 2.56 bits per heavy atom. The molecule has 0 bridgehead atoms. The molecule has 140 valence electrons. The number of alkyl halides is 2. The number of amides is 1. The van der Waals surface area contributed by atoms with Gasteiger partial charge < -0.3 is 19.5 Å². The first-order valence-corrected chi connectivity index (χ1v) is 7.99. The van der Waals surface area contributed by atoms with E-state index in [1.165, 1.54) is 30.4 Å². The summed E-state index contributed by atoms with van der Waals surface area (Å²) in [7, 11) is 0. The lowest BCUT2D eigenvalue weighted by Gasteiger charge is -2.06. The Balaban J connectivity index is 1.48. The molecule has 1 amide bonds. The molecule has 27 heavy (non-hydrogen) atoms. The van der Waals surface area contributed by atoms with Crippen LogP contribution in [-0.4, -0.2) is 24.8 Å². The molecule has 1 aliphatic heterocycles. The predicted molar refractivity (Wildman–Crippen MR) is 92.7 cm³/mol. The zero-order valence-electron chi connectivity index (χ0n) is 13.6. The van der Waals surface area contributed by atoms with Gasteiger partial charge in [0.15, 0.2) is 18.1 Å². The summed E-state index contributed by atoms with van der Waals surface area (Å²) in [6.45, 7) is -0.547. The Morgan fingerprint density at radius 1 is 1.11 bits per heavy atom. The SMILES string of the molecule is O=C(COC(=O)/C=C/c1ccc(Cl)cc1)Nc1ccc2c(c1)OC(F)(F)O2. The summed E-state index contributed by atoms with van der Waals surface area (Å²) in [4.78, 5) is 23.4. The minimum atomic E-state index is -3.74. The molecule has 0 aromatic heterocycles. The van der Waals surface area contributed by atoms with Gasteiger partial charge in [-0.1, -0.05) is 23.7 Å². The van der Waals surface area contributed by atoms with E-state index in [4.69, 9.17) is 16.3 Å². The quantitative estimate of drug-likeness (QED) is 0.614. The number of anilines is 1. The van der Waals surface area contributed by atoms with Crippen molar-refractivity contribution >= 4 is 35.2 Å². The molecule has 0 radical (unpaired) electrons. The van der Waals surface area contributed by atoms with Crippen LogP contribution in [0.2, 0.25) is 5.02 Å². The molecule has 0 aliphatic carbocycles. The lowest BCUT2D eigenvalue weighted by molar-refractivity contribution is -0.286. The van der Waals surface area contributed by atoms with Crippen molar-refractivity contribution in [3.63, 3.8) is 0 Å². The van der Waals surface area contributed by atoms with Gasteiger partial charge >= 0.3 is 12.3 Å². The van der Waals surface area contributed by atoms with Gasteiger partial charge in [-0.25, -0.2) is 4.79 Å². The van der Waals surface area contributed by atoms with Gasteiger partial charge in [-0.3, -0.25) is 4.79 Å². The van der Waals surface area contributed by atoms with Crippen molar-refractivity contribution in [3.05, 3.63) is 59.1 Å². The van der Waals surface area contributed by atoms with Crippen molar-refractivity contribution < 1.29 is 32.6 Å². The van der Waals surface area contributed by atoms with Crippen LogP contribution in [0.25, 0.3) is 6.08 Å². The maximum Gasteiger partial charge on any atom is 0.586 e.